The van der Waals surface area contributed by atoms with Gasteiger partial charge in [0.2, 0.25) is 11.8 Å². The van der Waals surface area contributed by atoms with Gasteiger partial charge in [-0.25, -0.2) is 5.48 Å². The summed E-state index contributed by atoms with van der Waals surface area (Å²) in [7, 11) is 0. The number of piperidine rings is 1. The molecule has 3 aromatic rings. The van der Waals surface area contributed by atoms with Gasteiger partial charge in [0.25, 0.3) is 5.91 Å². The van der Waals surface area contributed by atoms with E-state index in [4.69, 9.17) is 5.21 Å². The highest BCUT2D eigenvalue weighted by atomic mass is 16.5. The molecule has 2 N–H and O–H groups in total. The van der Waals surface area contributed by atoms with Crippen molar-refractivity contribution in [1.82, 2.24) is 15.3 Å². The molecule has 2 fully saturated rings. The Balaban J connectivity index is 1.23. The lowest BCUT2D eigenvalue weighted by atomic mass is 9.76. The molecule has 188 valence electrons. The van der Waals surface area contributed by atoms with Crippen molar-refractivity contribution in [3.05, 3.63) is 113 Å². The highest BCUT2D eigenvalue weighted by Crippen LogP contribution is 2.48. The lowest BCUT2D eigenvalue weighted by Crippen LogP contribution is -2.60. The van der Waals surface area contributed by atoms with Gasteiger partial charge in [0.1, 0.15) is 0 Å². The van der Waals surface area contributed by atoms with Gasteiger partial charge < -0.3 is 9.80 Å². The average Bonchev–Trinajstić information content (AvgIpc) is 2.96. The number of carbonyl (C=O) groups is 3. The van der Waals surface area contributed by atoms with Crippen LogP contribution in [0.4, 0.5) is 0 Å². The molecule has 2 heterocycles. The molecule has 7 nitrogen and oxygen atoms in total. The molecule has 0 spiro atoms. The summed E-state index contributed by atoms with van der Waals surface area (Å²) in [6, 6.07) is 26.8. The van der Waals surface area contributed by atoms with Crippen LogP contribution in [-0.2, 0) is 9.59 Å². The highest BCUT2D eigenvalue weighted by molar-refractivity contribution is 5.94. The van der Waals surface area contributed by atoms with Crippen LogP contribution in [0, 0.1) is 0 Å². The van der Waals surface area contributed by atoms with Crippen LogP contribution >= 0.6 is 0 Å². The van der Waals surface area contributed by atoms with E-state index in [-0.39, 0.29) is 29.8 Å². The molecule has 0 bridgehead atoms. The summed E-state index contributed by atoms with van der Waals surface area (Å²) in [4.78, 5) is 41.5. The Morgan fingerprint density at radius 1 is 0.838 bits per heavy atom. The second kappa shape index (κ2) is 10.8. The molecule has 2 aliphatic rings. The summed E-state index contributed by atoms with van der Waals surface area (Å²) >= 11 is 0. The van der Waals surface area contributed by atoms with Gasteiger partial charge in [0, 0.05) is 30.8 Å². The van der Waals surface area contributed by atoms with Crippen LogP contribution in [0.3, 0.4) is 0 Å². The first-order valence-electron chi connectivity index (χ1n) is 12.5. The van der Waals surface area contributed by atoms with Gasteiger partial charge in [-0.2, -0.15) is 0 Å². The Morgan fingerprint density at radius 3 is 2.03 bits per heavy atom. The summed E-state index contributed by atoms with van der Waals surface area (Å²) < 4.78 is 0. The summed E-state index contributed by atoms with van der Waals surface area (Å²) in [5.41, 5.74) is 4.89. The fourth-order valence-corrected chi connectivity index (χ4v) is 5.35. The molecule has 2 aliphatic heterocycles. The van der Waals surface area contributed by atoms with E-state index >= 15 is 0 Å². The topological polar surface area (TPSA) is 89.9 Å². The number of rotatable bonds is 6. The second-order valence-electron chi connectivity index (χ2n) is 9.44. The van der Waals surface area contributed by atoms with Gasteiger partial charge in [-0.05, 0) is 47.7 Å². The first-order valence-corrected chi connectivity index (χ1v) is 12.5. The molecular formula is C30H29N3O4. The first-order chi connectivity index (χ1) is 18.1. The predicted molar refractivity (Wildman–Crippen MR) is 140 cm³/mol. The van der Waals surface area contributed by atoms with E-state index in [1.165, 1.54) is 6.08 Å². The molecule has 3 amide bonds. The third kappa shape index (κ3) is 5.04. The van der Waals surface area contributed by atoms with Crippen LogP contribution in [0.25, 0.3) is 6.08 Å². The third-order valence-corrected chi connectivity index (χ3v) is 7.30. The van der Waals surface area contributed by atoms with E-state index in [0.29, 0.717) is 18.7 Å². The van der Waals surface area contributed by atoms with Crippen LogP contribution in [-0.4, -0.2) is 51.9 Å². The number of β-lactam (4-membered cyclic amide) rings is 1. The minimum Gasteiger partial charge on any atom is -0.339 e. The van der Waals surface area contributed by atoms with Crippen LogP contribution < -0.4 is 5.48 Å². The maximum Gasteiger partial charge on any atom is 0.274 e. The number of nitrogens with zero attached hydrogens (tertiary/aromatic N) is 2. The number of carbonyl (C=O) groups excluding carboxylic acids is 3. The molecule has 37 heavy (non-hydrogen) atoms. The molecular weight excluding hydrogens is 466 g/mol. The van der Waals surface area contributed by atoms with Gasteiger partial charge in [0.05, 0.1) is 12.0 Å². The number of amides is 3. The summed E-state index contributed by atoms with van der Waals surface area (Å²) in [5.74, 6) is -0.684. The molecule has 2 atom stereocenters. The Kier molecular flexibility index (Phi) is 7.14. The summed E-state index contributed by atoms with van der Waals surface area (Å²) in [6.45, 7) is 1.18. The molecule has 0 aromatic heterocycles. The molecule has 7 heteroatoms. The fraction of sp³-hybridized carbons (Fsp3) is 0.233. The SMILES string of the molecule is O=C(NO)c1ccc(/C=C/C(=O)N2CCC(N3C(=O)[C@H](c4ccccc4)[C@H]3c3ccccc3)CC2)cc1. The zero-order chi connectivity index (χ0) is 25.8. The van der Waals surface area contributed by atoms with E-state index in [1.54, 1.807) is 35.8 Å². The number of benzene rings is 3. The van der Waals surface area contributed by atoms with Crippen molar-refractivity contribution in [2.24, 2.45) is 0 Å². The highest BCUT2D eigenvalue weighted by Gasteiger charge is 2.51. The monoisotopic (exact) mass is 495 g/mol. The first kappa shape index (κ1) is 24.5. The predicted octanol–water partition coefficient (Wildman–Crippen LogP) is 4.18. The quantitative estimate of drug-likeness (QED) is 0.232. The van der Waals surface area contributed by atoms with Crippen molar-refractivity contribution in [2.75, 3.05) is 13.1 Å². The van der Waals surface area contributed by atoms with E-state index < -0.39 is 5.91 Å². The van der Waals surface area contributed by atoms with Gasteiger partial charge >= 0.3 is 0 Å². The summed E-state index contributed by atoms with van der Waals surface area (Å²) in [5, 5.41) is 8.72. The minimum atomic E-state index is -0.584. The third-order valence-electron chi connectivity index (χ3n) is 7.30. The fourth-order valence-electron chi connectivity index (χ4n) is 5.35. The molecule has 0 radical (unpaired) electrons. The zero-order valence-electron chi connectivity index (χ0n) is 20.4. The maximum atomic E-state index is 13.4. The van der Waals surface area contributed by atoms with Gasteiger partial charge in [-0.3, -0.25) is 19.6 Å². The molecule has 0 aliphatic carbocycles. The van der Waals surface area contributed by atoms with Crippen molar-refractivity contribution in [3.8, 4) is 0 Å². The molecule has 0 saturated carbocycles. The van der Waals surface area contributed by atoms with Crippen LogP contribution in [0.5, 0.6) is 0 Å². The average molecular weight is 496 g/mol. The van der Waals surface area contributed by atoms with Crippen molar-refractivity contribution in [1.29, 1.82) is 0 Å². The van der Waals surface area contributed by atoms with Crippen LogP contribution in [0.2, 0.25) is 0 Å². The number of nitrogens with one attached hydrogen (secondary N) is 1. The van der Waals surface area contributed by atoms with Gasteiger partial charge in [-0.15, -0.1) is 0 Å². The van der Waals surface area contributed by atoms with Crippen LogP contribution in [0.15, 0.2) is 91.0 Å². The normalized spacial score (nSPS) is 20.1. The van der Waals surface area contributed by atoms with Crippen molar-refractivity contribution < 1.29 is 19.6 Å². The lowest BCUT2D eigenvalue weighted by molar-refractivity contribution is -0.156. The Hall–Kier alpha value is -4.23. The molecule has 3 aromatic carbocycles. The van der Waals surface area contributed by atoms with Crippen molar-refractivity contribution in [3.63, 3.8) is 0 Å². The Bertz CT molecular complexity index is 1280. The van der Waals surface area contributed by atoms with E-state index in [9.17, 15) is 14.4 Å². The van der Waals surface area contributed by atoms with Crippen LogP contribution in [0.1, 0.15) is 51.8 Å². The number of hydrogen-bond donors (Lipinski definition) is 2. The minimum absolute atomic E-state index is 0.000802. The number of hydrogen-bond acceptors (Lipinski definition) is 4. The largest absolute Gasteiger partial charge is 0.339 e. The number of likely N-dealkylation sites (tertiary alicyclic amines) is 2. The smallest absolute Gasteiger partial charge is 0.274 e. The van der Waals surface area contributed by atoms with Gasteiger partial charge in [0.15, 0.2) is 0 Å². The maximum absolute atomic E-state index is 13.4. The van der Waals surface area contributed by atoms with E-state index in [1.807, 2.05) is 58.3 Å². The van der Waals surface area contributed by atoms with E-state index in [0.717, 1.165) is 29.5 Å². The van der Waals surface area contributed by atoms with Crippen molar-refractivity contribution >= 4 is 23.8 Å². The lowest BCUT2D eigenvalue weighted by Gasteiger charge is -2.53. The number of hydroxylamine groups is 1. The van der Waals surface area contributed by atoms with Gasteiger partial charge in [-0.1, -0.05) is 72.8 Å². The second-order valence-corrected chi connectivity index (χ2v) is 9.44. The van der Waals surface area contributed by atoms with E-state index in [2.05, 4.69) is 12.1 Å². The molecule has 5 rings (SSSR count). The van der Waals surface area contributed by atoms with Crippen molar-refractivity contribution in [2.45, 2.75) is 30.8 Å². The zero-order valence-corrected chi connectivity index (χ0v) is 20.4. The summed E-state index contributed by atoms with van der Waals surface area (Å²) in [6.07, 6.45) is 4.72. The Labute approximate surface area is 216 Å². The standard InChI is InChI=1S/C30H29N3O4/c34-26(16-13-21-11-14-24(15-12-21)29(35)31-37)32-19-17-25(18-20-32)33-28(23-9-5-2-6-10-23)27(30(33)36)22-7-3-1-4-8-22/h1-16,25,27-28,37H,17-20H2,(H,31,35)/b16-13+/t27-,28-/m1/s1. The molecule has 2 saturated heterocycles. The Morgan fingerprint density at radius 2 is 1.43 bits per heavy atom. The molecule has 0 unspecified atom stereocenters.